The molecule has 1 N–H and O–H groups in total. The number of thiophene rings is 1. The molecule has 5 nitrogen and oxygen atoms in total. The van der Waals surface area contributed by atoms with Gasteiger partial charge in [0.1, 0.15) is 0 Å². The zero-order valence-corrected chi connectivity index (χ0v) is 13.1. The average molecular weight is 317 g/mol. The average Bonchev–Trinajstić information content (AvgIpc) is 3.24. The molecule has 2 aromatic rings. The second kappa shape index (κ2) is 5.85. The maximum atomic E-state index is 13.0. The number of hydrogen-bond donors (Lipinski definition) is 1. The van der Waals surface area contributed by atoms with Gasteiger partial charge in [-0.1, -0.05) is 12.8 Å². The standard InChI is InChI=1S/C16H19N3O2S/c20-16(12-9-17-18-15(12)11-5-8-22-10-11)19-6-7-21-14-4-2-1-3-13(14)19/h5,8-10,13-14H,1-4,6-7H2,(H,17,18). The van der Waals surface area contributed by atoms with Crippen LogP contribution < -0.4 is 0 Å². The van der Waals surface area contributed by atoms with Crippen LogP contribution in [0.5, 0.6) is 0 Å². The quantitative estimate of drug-likeness (QED) is 0.926. The number of carbonyl (C=O) groups is 1. The predicted octanol–water partition coefficient (Wildman–Crippen LogP) is 2.92. The molecular formula is C16H19N3O2S. The van der Waals surface area contributed by atoms with Crippen LogP contribution in [0.25, 0.3) is 11.3 Å². The lowest BCUT2D eigenvalue weighted by molar-refractivity contribution is -0.0752. The highest BCUT2D eigenvalue weighted by atomic mass is 32.1. The fraction of sp³-hybridized carbons (Fsp3) is 0.500. The van der Waals surface area contributed by atoms with E-state index in [1.54, 1.807) is 17.5 Å². The summed E-state index contributed by atoms with van der Waals surface area (Å²) in [5.41, 5.74) is 2.52. The number of hydrogen-bond acceptors (Lipinski definition) is 4. The number of H-pyrrole nitrogens is 1. The van der Waals surface area contributed by atoms with Crippen molar-refractivity contribution in [1.29, 1.82) is 0 Å². The van der Waals surface area contributed by atoms with Crippen molar-refractivity contribution >= 4 is 17.2 Å². The Morgan fingerprint density at radius 3 is 3.18 bits per heavy atom. The first-order chi connectivity index (χ1) is 10.8. The van der Waals surface area contributed by atoms with Gasteiger partial charge in [-0.05, 0) is 24.3 Å². The van der Waals surface area contributed by atoms with Gasteiger partial charge in [0.2, 0.25) is 0 Å². The van der Waals surface area contributed by atoms with E-state index in [0.29, 0.717) is 18.7 Å². The summed E-state index contributed by atoms with van der Waals surface area (Å²) in [4.78, 5) is 15.1. The SMILES string of the molecule is O=C(c1cn[nH]c1-c1ccsc1)N1CCOC2CCCCC21. The van der Waals surface area contributed by atoms with E-state index in [2.05, 4.69) is 10.2 Å². The summed E-state index contributed by atoms with van der Waals surface area (Å²) in [7, 11) is 0. The van der Waals surface area contributed by atoms with Crippen LogP contribution in [0, 0.1) is 0 Å². The lowest BCUT2D eigenvalue weighted by Crippen LogP contribution is -2.54. The van der Waals surface area contributed by atoms with Gasteiger partial charge in [-0.25, -0.2) is 0 Å². The molecule has 4 rings (SSSR count). The normalized spacial score (nSPS) is 25.0. The van der Waals surface area contributed by atoms with E-state index in [-0.39, 0.29) is 18.1 Å². The maximum absolute atomic E-state index is 13.0. The van der Waals surface area contributed by atoms with E-state index in [4.69, 9.17) is 4.74 Å². The number of ether oxygens (including phenoxy) is 1. The van der Waals surface area contributed by atoms with E-state index in [0.717, 1.165) is 24.1 Å². The van der Waals surface area contributed by atoms with E-state index in [1.807, 2.05) is 21.7 Å². The second-order valence-corrected chi connectivity index (χ2v) is 6.71. The Bertz CT molecular complexity index is 650. The highest BCUT2D eigenvalue weighted by molar-refractivity contribution is 7.08. The molecule has 2 unspecified atom stereocenters. The summed E-state index contributed by atoms with van der Waals surface area (Å²) in [5, 5.41) is 11.1. The Morgan fingerprint density at radius 2 is 2.32 bits per heavy atom. The molecule has 1 saturated carbocycles. The van der Waals surface area contributed by atoms with Gasteiger partial charge in [0.25, 0.3) is 5.91 Å². The van der Waals surface area contributed by atoms with E-state index in [1.165, 1.54) is 12.8 Å². The van der Waals surface area contributed by atoms with Crippen molar-refractivity contribution < 1.29 is 9.53 Å². The monoisotopic (exact) mass is 317 g/mol. The lowest BCUT2D eigenvalue weighted by Gasteiger charge is -2.43. The van der Waals surface area contributed by atoms with Crippen LogP contribution in [0.2, 0.25) is 0 Å². The minimum absolute atomic E-state index is 0.0788. The summed E-state index contributed by atoms with van der Waals surface area (Å²) < 4.78 is 5.87. The smallest absolute Gasteiger partial charge is 0.258 e. The molecule has 1 saturated heterocycles. The summed E-state index contributed by atoms with van der Waals surface area (Å²) in [6, 6.07) is 2.23. The molecule has 1 aliphatic heterocycles. The van der Waals surface area contributed by atoms with Gasteiger partial charge in [0.05, 0.1) is 36.2 Å². The molecule has 1 amide bonds. The third-order valence-corrected chi connectivity index (χ3v) is 5.36. The molecule has 0 radical (unpaired) electrons. The van der Waals surface area contributed by atoms with Crippen molar-refractivity contribution in [3.63, 3.8) is 0 Å². The molecule has 0 bridgehead atoms. The first kappa shape index (κ1) is 14.0. The number of rotatable bonds is 2. The molecule has 22 heavy (non-hydrogen) atoms. The molecule has 0 spiro atoms. The van der Waals surface area contributed by atoms with E-state index >= 15 is 0 Å². The largest absolute Gasteiger partial charge is 0.374 e. The highest BCUT2D eigenvalue weighted by Gasteiger charge is 2.37. The van der Waals surface area contributed by atoms with Crippen molar-refractivity contribution in [3.8, 4) is 11.3 Å². The Balaban J connectivity index is 1.63. The van der Waals surface area contributed by atoms with Crippen LogP contribution in [0.15, 0.2) is 23.0 Å². The number of fused-ring (bicyclic) bond motifs is 1. The maximum Gasteiger partial charge on any atom is 0.258 e. The molecular weight excluding hydrogens is 298 g/mol. The number of nitrogens with one attached hydrogen (secondary N) is 1. The van der Waals surface area contributed by atoms with Crippen molar-refractivity contribution in [1.82, 2.24) is 15.1 Å². The molecule has 0 aromatic carbocycles. The zero-order valence-electron chi connectivity index (χ0n) is 12.3. The van der Waals surface area contributed by atoms with Crippen molar-refractivity contribution in [2.45, 2.75) is 37.8 Å². The summed E-state index contributed by atoms with van der Waals surface area (Å²) >= 11 is 1.62. The third-order valence-electron chi connectivity index (χ3n) is 4.67. The molecule has 2 atom stereocenters. The Kier molecular flexibility index (Phi) is 3.72. The van der Waals surface area contributed by atoms with Crippen molar-refractivity contribution in [2.24, 2.45) is 0 Å². The molecule has 2 fully saturated rings. The van der Waals surface area contributed by atoms with E-state index in [9.17, 15) is 4.79 Å². The topological polar surface area (TPSA) is 58.2 Å². The van der Waals surface area contributed by atoms with Gasteiger partial charge < -0.3 is 9.64 Å². The van der Waals surface area contributed by atoms with Crippen LogP contribution in [0.1, 0.15) is 36.0 Å². The Labute approximate surface area is 133 Å². The van der Waals surface area contributed by atoms with Gasteiger partial charge in [0, 0.05) is 17.5 Å². The molecule has 116 valence electrons. The van der Waals surface area contributed by atoms with Crippen LogP contribution >= 0.6 is 11.3 Å². The number of aromatic amines is 1. The van der Waals surface area contributed by atoms with Gasteiger partial charge in [-0.2, -0.15) is 16.4 Å². The first-order valence-electron chi connectivity index (χ1n) is 7.83. The van der Waals surface area contributed by atoms with Gasteiger partial charge in [-0.3, -0.25) is 9.89 Å². The molecule has 2 aliphatic rings. The van der Waals surface area contributed by atoms with Crippen molar-refractivity contribution in [2.75, 3.05) is 13.2 Å². The third kappa shape index (κ3) is 2.36. The zero-order chi connectivity index (χ0) is 14.9. The number of morpholine rings is 1. The Morgan fingerprint density at radius 1 is 1.41 bits per heavy atom. The molecule has 2 aromatic heterocycles. The summed E-state index contributed by atoms with van der Waals surface area (Å²) in [6.45, 7) is 1.31. The van der Waals surface area contributed by atoms with Gasteiger partial charge >= 0.3 is 0 Å². The minimum Gasteiger partial charge on any atom is -0.374 e. The first-order valence-corrected chi connectivity index (χ1v) is 8.77. The number of nitrogens with zero attached hydrogens (tertiary/aromatic N) is 2. The fourth-order valence-electron chi connectivity index (χ4n) is 3.58. The molecule has 3 heterocycles. The van der Waals surface area contributed by atoms with Crippen LogP contribution in [-0.4, -0.2) is 46.3 Å². The van der Waals surface area contributed by atoms with Crippen molar-refractivity contribution in [3.05, 3.63) is 28.6 Å². The second-order valence-electron chi connectivity index (χ2n) is 5.93. The highest BCUT2D eigenvalue weighted by Crippen LogP contribution is 2.31. The van der Waals surface area contributed by atoms with Gasteiger partial charge in [0.15, 0.2) is 0 Å². The van der Waals surface area contributed by atoms with Crippen LogP contribution in [-0.2, 0) is 4.74 Å². The summed E-state index contributed by atoms with van der Waals surface area (Å²) in [6.07, 6.45) is 6.36. The number of carbonyl (C=O) groups excluding carboxylic acids is 1. The number of aromatic nitrogens is 2. The molecule has 1 aliphatic carbocycles. The molecule has 6 heteroatoms. The predicted molar refractivity (Wildman–Crippen MR) is 84.9 cm³/mol. The fourth-order valence-corrected chi connectivity index (χ4v) is 4.23. The van der Waals surface area contributed by atoms with Crippen LogP contribution in [0.3, 0.4) is 0 Å². The minimum atomic E-state index is 0.0788. The Hall–Kier alpha value is -1.66. The van der Waals surface area contributed by atoms with E-state index < -0.39 is 0 Å². The van der Waals surface area contributed by atoms with Gasteiger partial charge in [-0.15, -0.1) is 0 Å². The summed E-state index contributed by atoms with van der Waals surface area (Å²) in [5.74, 6) is 0.0788. The lowest BCUT2D eigenvalue weighted by atomic mass is 9.89. The number of amides is 1. The van der Waals surface area contributed by atoms with Crippen LogP contribution in [0.4, 0.5) is 0 Å².